The van der Waals surface area contributed by atoms with Crippen LogP contribution < -0.4 is 9.88 Å². The number of ether oxygens (including phenoxy) is 1. The predicted molar refractivity (Wildman–Crippen MR) is 133 cm³/mol. The highest BCUT2D eigenvalue weighted by molar-refractivity contribution is 7.89. The first-order valence-electron chi connectivity index (χ1n) is 11.0. The topological polar surface area (TPSA) is 95.4 Å². The van der Waals surface area contributed by atoms with E-state index in [-0.39, 0.29) is 38.8 Å². The van der Waals surface area contributed by atoms with Crippen molar-refractivity contribution < 1.29 is 35.1 Å². The molecule has 1 heterocycles. The molecule has 5 rings (SSSR count). The quantitative estimate of drug-likeness (QED) is 0.251. The number of oxazole rings is 1. The molecule has 38 heavy (non-hydrogen) atoms. The molecular weight excluding hydrogens is 524 g/mol. The van der Waals surface area contributed by atoms with Crippen LogP contribution in [0.15, 0.2) is 88.2 Å². The maximum Gasteiger partial charge on any atom is 0.416 e. The Kier molecular flexibility index (Phi) is 6.20. The number of fused-ring (bicyclic) bond motifs is 1. The van der Waals surface area contributed by atoms with Crippen molar-refractivity contribution in [3.63, 3.8) is 0 Å². The fraction of sp³-hybridized carbons (Fsp3) is 0.0741. The van der Waals surface area contributed by atoms with Gasteiger partial charge in [-0.1, -0.05) is 24.3 Å². The molecule has 4 aromatic carbocycles. The Labute approximate surface area is 214 Å². The van der Waals surface area contributed by atoms with Gasteiger partial charge in [0.25, 0.3) is 0 Å². The third kappa shape index (κ3) is 4.85. The molecule has 0 radical (unpaired) electrons. The van der Waals surface area contributed by atoms with Gasteiger partial charge in [-0.05, 0) is 59.7 Å². The molecule has 0 saturated carbocycles. The molecule has 0 aliphatic heterocycles. The van der Waals surface area contributed by atoms with Gasteiger partial charge in [-0.2, -0.15) is 13.2 Å². The minimum absolute atomic E-state index is 0.0524. The lowest BCUT2D eigenvalue weighted by atomic mass is 9.96. The number of hydrogen-bond donors (Lipinski definition) is 1. The van der Waals surface area contributed by atoms with Gasteiger partial charge in [-0.15, -0.1) is 0 Å². The van der Waals surface area contributed by atoms with Crippen molar-refractivity contribution in [1.29, 1.82) is 0 Å². The Morgan fingerprint density at radius 1 is 0.868 bits per heavy atom. The van der Waals surface area contributed by atoms with Crippen molar-refractivity contribution in [2.24, 2.45) is 5.14 Å². The minimum Gasteiger partial charge on any atom is -0.496 e. The Morgan fingerprint density at radius 2 is 1.55 bits per heavy atom. The van der Waals surface area contributed by atoms with Crippen molar-refractivity contribution >= 4 is 21.1 Å². The molecule has 0 unspecified atom stereocenters. The van der Waals surface area contributed by atoms with E-state index >= 15 is 4.39 Å². The van der Waals surface area contributed by atoms with Crippen LogP contribution in [0.5, 0.6) is 5.75 Å². The van der Waals surface area contributed by atoms with Crippen LogP contribution in [0.1, 0.15) is 5.56 Å². The molecule has 2 N–H and O–H groups in total. The van der Waals surface area contributed by atoms with Gasteiger partial charge in [0.2, 0.25) is 15.9 Å². The lowest BCUT2D eigenvalue weighted by Gasteiger charge is -2.14. The van der Waals surface area contributed by atoms with E-state index in [1.807, 2.05) is 0 Å². The molecule has 0 spiro atoms. The summed E-state index contributed by atoms with van der Waals surface area (Å²) < 4.78 is 89.0. The summed E-state index contributed by atoms with van der Waals surface area (Å²) in [6.07, 6.45) is -4.52. The van der Waals surface area contributed by atoms with Crippen LogP contribution >= 0.6 is 0 Å². The summed E-state index contributed by atoms with van der Waals surface area (Å²) >= 11 is 0. The van der Waals surface area contributed by atoms with E-state index in [0.717, 1.165) is 12.1 Å². The third-order valence-electron chi connectivity index (χ3n) is 5.90. The first-order chi connectivity index (χ1) is 17.9. The average Bonchev–Trinajstić information content (AvgIpc) is 3.31. The number of benzene rings is 4. The summed E-state index contributed by atoms with van der Waals surface area (Å²) in [7, 11) is -2.63. The number of aromatic nitrogens is 1. The van der Waals surface area contributed by atoms with Crippen LogP contribution in [-0.2, 0) is 16.2 Å². The molecule has 194 valence electrons. The van der Waals surface area contributed by atoms with Crippen molar-refractivity contribution in [2.75, 3.05) is 7.11 Å². The van der Waals surface area contributed by atoms with Crippen LogP contribution in [0, 0.1) is 5.82 Å². The van der Waals surface area contributed by atoms with Gasteiger partial charge >= 0.3 is 6.18 Å². The fourth-order valence-corrected chi connectivity index (χ4v) is 4.62. The molecule has 0 atom stereocenters. The van der Waals surface area contributed by atoms with Crippen LogP contribution in [0.3, 0.4) is 0 Å². The van der Waals surface area contributed by atoms with Gasteiger partial charge < -0.3 is 9.15 Å². The van der Waals surface area contributed by atoms with Gasteiger partial charge in [0, 0.05) is 22.8 Å². The summed E-state index contributed by atoms with van der Waals surface area (Å²) in [6.45, 7) is 0. The molecule has 0 fully saturated rings. The molecule has 0 aliphatic rings. The average molecular weight is 543 g/mol. The predicted octanol–water partition coefficient (Wildman–Crippen LogP) is 6.64. The highest BCUT2D eigenvalue weighted by atomic mass is 32.2. The van der Waals surface area contributed by atoms with E-state index in [4.69, 9.17) is 14.3 Å². The second-order valence-electron chi connectivity index (χ2n) is 8.39. The number of rotatable bonds is 5. The molecule has 6 nitrogen and oxygen atoms in total. The van der Waals surface area contributed by atoms with Gasteiger partial charge in [-0.3, -0.25) is 0 Å². The highest BCUT2D eigenvalue weighted by Crippen LogP contribution is 2.39. The summed E-state index contributed by atoms with van der Waals surface area (Å²) in [4.78, 5) is 4.05. The first-order valence-corrected chi connectivity index (χ1v) is 12.6. The van der Waals surface area contributed by atoms with E-state index in [2.05, 4.69) is 4.98 Å². The summed E-state index contributed by atoms with van der Waals surface area (Å²) in [6, 6.07) is 18.1. The normalized spacial score (nSPS) is 12.2. The SMILES string of the molecule is COc1cc(F)c(-c2cccc(S(N)(=O)=O)c2)cc1-c1cccc(-c2nc3cc(C(F)(F)F)ccc3o2)c1. The summed E-state index contributed by atoms with van der Waals surface area (Å²) in [5, 5.41) is 5.23. The smallest absolute Gasteiger partial charge is 0.416 e. The number of methoxy groups -OCH3 is 1. The number of alkyl halides is 3. The number of primary sulfonamides is 1. The van der Waals surface area contributed by atoms with Crippen LogP contribution in [0.4, 0.5) is 17.6 Å². The number of nitrogens with two attached hydrogens (primary N) is 1. The monoisotopic (exact) mass is 542 g/mol. The molecule has 11 heteroatoms. The Balaban J connectivity index is 1.60. The van der Waals surface area contributed by atoms with Gasteiger partial charge in [0.1, 0.15) is 17.1 Å². The number of sulfonamides is 1. The number of nitrogens with zero attached hydrogens (tertiary/aromatic N) is 1. The second kappa shape index (κ2) is 9.26. The molecule has 1 aromatic heterocycles. The fourth-order valence-electron chi connectivity index (χ4n) is 4.06. The lowest BCUT2D eigenvalue weighted by Crippen LogP contribution is -2.12. The maximum atomic E-state index is 15.1. The molecular formula is C27H18F4N2O4S. The standard InChI is InChI=1S/C27H18F4N2O4S/c1-36-25-14-22(28)20(16-5-3-7-19(11-16)38(32,34)35)13-21(25)15-4-2-6-17(10-15)26-33-23-12-18(27(29,30)31)8-9-24(23)37-26/h2-14H,1H3,(H2,32,34,35). The van der Waals surface area contributed by atoms with Crippen molar-refractivity contribution in [3.05, 3.63) is 90.2 Å². The third-order valence-corrected chi connectivity index (χ3v) is 6.81. The molecule has 0 bridgehead atoms. The number of halogens is 4. The zero-order valence-corrected chi connectivity index (χ0v) is 20.4. The highest BCUT2D eigenvalue weighted by Gasteiger charge is 2.31. The van der Waals surface area contributed by atoms with E-state index in [1.54, 1.807) is 30.3 Å². The number of hydrogen-bond acceptors (Lipinski definition) is 5. The van der Waals surface area contributed by atoms with Gasteiger partial charge in [0.15, 0.2) is 5.58 Å². The Hall–Kier alpha value is -4.22. The minimum atomic E-state index is -4.52. The summed E-state index contributed by atoms with van der Waals surface area (Å²) in [5.74, 6) is -0.338. The van der Waals surface area contributed by atoms with Gasteiger partial charge in [-0.25, -0.2) is 22.9 Å². The zero-order chi connectivity index (χ0) is 27.2. The van der Waals surface area contributed by atoms with E-state index in [9.17, 15) is 21.6 Å². The zero-order valence-electron chi connectivity index (χ0n) is 19.6. The molecule has 5 aromatic rings. The maximum absolute atomic E-state index is 15.1. The Bertz CT molecular complexity index is 1800. The van der Waals surface area contributed by atoms with E-state index in [0.29, 0.717) is 16.7 Å². The van der Waals surface area contributed by atoms with Crippen LogP contribution in [0.25, 0.3) is 44.8 Å². The largest absolute Gasteiger partial charge is 0.496 e. The van der Waals surface area contributed by atoms with E-state index in [1.165, 1.54) is 43.5 Å². The van der Waals surface area contributed by atoms with Crippen molar-refractivity contribution in [3.8, 4) is 39.5 Å². The lowest BCUT2D eigenvalue weighted by molar-refractivity contribution is -0.137. The molecule has 0 saturated heterocycles. The van der Waals surface area contributed by atoms with Crippen LogP contribution in [0.2, 0.25) is 0 Å². The first kappa shape index (κ1) is 25.4. The molecule has 0 amide bonds. The molecule has 0 aliphatic carbocycles. The summed E-state index contributed by atoms with van der Waals surface area (Å²) in [5.41, 5.74) is 1.31. The van der Waals surface area contributed by atoms with Gasteiger partial charge in [0.05, 0.1) is 17.6 Å². The van der Waals surface area contributed by atoms with Crippen molar-refractivity contribution in [2.45, 2.75) is 11.1 Å². The van der Waals surface area contributed by atoms with Crippen LogP contribution in [-0.4, -0.2) is 20.5 Å². The Morgan fingerprint density at radius 3 is 2.24 bits per heavy atom. The second-order valence-corrected chi connectivity index (χ2v) is 9.95. The van der Waals surface area contributed by atoms with E-state index < -0.39 is 27.6 Å². The van der Waals surface area contributed by atoms with Crippen molar-refractivity contribution in [1.82, 2.24) is 4.98 Å².